The standard InChI is InChI=1S/C17H19N3O4/c1-17(2)16-18-13(10-14(21)20(16)8-9-23-17)15(22)19-24-11-12-6-4-3-5-7-12/h3-7,10H,8-9,11H2,1-2H3,(H,19,22). The fraction of sp³-hybridized carbons (Fsp3) is 0.353. The number of carbonyl (C=O) groups excluding carboxylic acids is 1. The molecule has 1 aliphatic rings. The first kappa shape index (κ1) is 16.4. The zero-order chi connectivity index (χ0) is 17.2. The highest BCUT2D eigenvalue weighted by molar-refractivity contribution is 5.91. The molecule has 1 aromatic carbocycles. The Morgan fingerprint density at radius 1 is 1.38 bits per heavy atom. The third-order valence-electron chi connectivity index (χ3n) is 3.80. The molecule has 0 saturated carbocycles. The fourth-order valence-electron chi connectivity index (χ4n) is 2.57. The van der Waals surface area contributed by atoms with Crippen LogP contribution in [0.4, 0.5) is 0 Å². The Labute approximate surface area is 139 Å². The number of benzene rings is 1. The van der Waals surface area contributed by atoms with E-state index in [2.05, 4.69) is 10.5 Å². The summed E-state index contributed by atoms with van der Waals surface area (Å²) in [6, 6.07) is 10.6. The van der Waals surface area contributed by atoms with Crippen molar-refractivity contribution < 1.29 is 14.4 Å². The van der Waals surface area contributed by atoms with E-state index in [1.54, 1.807) is 0 Å². The lowest BCUT2D eigenvalue weighted by Gasteiger charge is -2.32. The fourth-order valence-corrected chi connectivity index (χ4v) is 2.57. The summed E-state index contributed by atoms with van der Waals surface area (Å²) in [5, 5.41) is 0. The van der Waals surface area contributed by atoms with Gasteiger partial charge >= 0.3 is 0 Å². The molecule has 1 aliphatic heterocycles. The smallest absolute Gasteiger partial charge is 0.293 e. The molecule has 2 heterocycles. The molecule has 3 rings (SSSR count). The van der Waals surface area contributed by atoms with E-state index >= 15 is 0 Å². The van der Waals surface area contributed by atoms with Gasteiger partial charge in [-0.05, 0) is 19.4 Å². The Balaban J connectivity index is 1.74. The van der Waals surface area contributed by atoms with Crippen molar-refractivity contribution in [2.75, 3.05) is 6.61 Å². The number of rotatable bonds is 4. The van der Waals surface area contributed by atoms with Gasteiger partial charge in [-0.1, -0.05) is 30.3 Å². The summed E-state index contributed by atoms with van der Waals surface area (Å²) in [4.78, 5) is 33.9. The number of nitrogens with one attached hydrogen (secondary N) is 1. The van der Waals surface area contributed by atoms with Crippen LogP contribution in [0.15, 0.2) is 41.2 Å². The lowest BCUT2D eigenvalue weighted by molar-refractivity contribution is -0.0565. The van der Waals surface area contributed by atoms with Crippen LogP contribution in [-0.2, 0) is 28.3 Å². The molecule has 1 amide bonds. The lowest BCUT2D eigenvalue weighted by Crippen LogP contribution is -2.42. The summed E-state index contributed by atoms with van der Waals surface area (Å²) >= 11 is 0. The van der Waals surface area contributed by atoms with Gasteiger partial charge in [0.25, 0.3) is 11.5 Å². The van der Waals surface area contributed by atoms with Crippen molar-refractivity contribution in [1.82, 2.24) is 15.0 Å². The van der Waals surface area contributed by atoms with Gasteiger partial charge in [0.2, 0.25) is 0 Å². The van der Waals surface area contributed by atoms with Crippen LogP contribution in [0, 0.1) is 0 Å². The molecule has 0 unspecified atom stereocenters. The molecule has 24 heavy (non-hydrogen) atoms. The highest BCUT2D eigenvalue weighted by Crippen LogP contribution is 2.25. The number of aromatic nitrogens is 2. The van der Waals surface area contributed by atoms with Gasteiger partial charge in [0.1, 0.15) is 17.1 Å². The maximum absolute atomic E-state index is 12.2. The normalized spacial score (nSPS) is 15.6. The van der Waals surface area contributed by atoms with E-state index in [4.69, 9.17) is 9.57 Å². The van der Waals surface area contributed by atoms with Gasteiger partial charge < -0.3 is 4.74 Å². The zero-order valence-electron chi connectivity index (χ0n) is 13.6. The quantitative estimate of drug-likeness (QED) is 0.857. The maximum atomic E-state index is 12.2. The number of fused-ring (bicyclic) bond motifs is 1. The molecular formula is C17H19N3O4. The van der Waals surface area contributed by atoms with E-state index in [0.29, 0.717) is 19.0 Å². The largest absolute Gasteiger partial charge is 0.366 e. The number of hydroxylamine groups is 1. The first-order chi connectivity index (χ1) is 11.5. The Kier molecular flexibility index (Phi) is 4.46. The van der Waals surface area contributed by atoms with Gasteiger partial charge in [-0.3, -0.25) is 19.0 Å². The van der Waals surface area contributed by atoms with Crippen molar-refractivity contribution in [3.8, 4) is 0 Å². The summed E-state index contributed by atoms with van der Waals surface area (Å²) in [5.74, 6) is -0.123. The predicted molar refractivity (Wildman–Crippen MR) is 86.2 cm³/mol. The molecule has 7 heteroatoms. The summed E-state index contributed by atoms with van der Waals surface area (Å²) < 4.78 is 7.17. The summed E-state index contributed by atoms with van der Waals surface area (Å²) in [5.41, 5.74) is 2.26. The third-order valence-corrected chi connectivity index (χ3v) is 3.80. The number of carbonyl (C=O) groups is 1. The van der Waals surface area contributed by atoms with Crippen molar-refractivity contribution in [2.45, 2.75) is 32.6 Å². The van der Waals surface area contributed by atoms with E-state index in [1.807, 2.05) is 44.2 Å². The van der Waals surface area contributed by atoms with Crippen LogP contribution < -0.4 is 11.0 Å². The summed E-state index contributed by atoms with van der Waals surface area (Å²) in [6.07, 6.45) is 0. The van der Waals surface area contributed by atoms with Gasteiger partial charge in [-0.25, -0.2) is 10.5 Å². The van der Waals surface area contributed by atoms with Crippen LogP contribution in [0.25, 0.3) is 0 Å². The summed E-state index contributed by atoms with van der Waals surface area (Å²) in [6.45, 7) is 4.73. The maximum Gasteiger partial charge on any atom is 0.293 e. The average Bonchev–Trinajstić information content (AvgIpc) is 2.56. The summed E-state index contributed by atoms with van der Waals surface area (Å²) in [7, 11) is 0. The van der Waals surface area contributed by atoms with Crippen LogP contribution in [-0.4, -0.2) is 22.1 Å². The van der Waals surface area contributed by atoms with Gasteiger partial charge in [0, 0.05) is 6.07 Å². The van der Waals surface area contributed by atoms with Gasteiger partial charge in [0.15, 0.2) is 0 Å². The SMILES string of the molecule is CC1(C)OCCn2c1nc(C(=O)NOCc1ccccc1)cc2=O. The molecular weight excluding hydrogens is 310 g/mol. The van der Waals surface area contributed by atoms with Crippen LogP contribution in [0.1, 0.15) is 35.7 Å². The lowest BCUT2D eigenvalue weighted by atomic mass is 10.1. The van der Waals surface area contributed by atoms with Crippen LogP contribution in [0.2, 0.25) is 0 Å². The van der Waals surface area contributed by atoms with Crippen molar-refractivity contribution in [1.29, 1.82) is 0 Å². The number of amides is 1. The molecule has 1 aromatic heterocycles. The minimum absolute atomic E-state index is 0.0119. The minimum atomic E-state index is -0.724. The van der Waals surface area contributed by atoms with Gasteiger partial charge in [-0.15, -0.1) is 0 Å². The van der Waals surface area contributed by atoms with E-state index in [9.17, 15) is 9.59 Å². The molecule has 2 aromatic rings. The number of hydrogen-bond acceptors (Lipinski definition) is 5. The Hall–Kier alpha value is -2.51. The highest BCUT2D eigenvalue weighted by Gasteiger charge is 2.32. The highest BCUT2D eigenvalue weighted by atomic mass is 16.6. The molecule has 0 fully saturated rings. The van der Waals surface area contributed by atoms with E-state index in [1.165, 1.54) is 10.6 Å². The Morgan fingerprint density at radius 2 is 2.12 bits per heavy atom. The van der Waals surface area contributed by atoms with Crippen molar-refractivity contribution >= 4 is 5.91 Å². The van der Waals surface area contributed by atoms with Crippen LogP contribution >= 0.6 is 0 Å². The van der Waals surface area contributed by atoms with Crippen LogP contribution in [0.3, 0.4) is 0 Å². The number of hydrogen-bond donors (Lipinski definition) is 1. The Bertz CT molecular complexity index is 799. The molecule has 0 bridgehead atoms. The molecule has 0 saturated heterocycles. The van der Waals surface area contributed by atoms with Crippen molar-refractivity contribution in [3.05, 3.63) is 63.8 Å². The first-order valence-electron chi connectivity index (χ1n) is 7.70. The average molecular weight is 329 g/mol. The zero-order valence-corrected chi connectivity index (χ0v) is 13.6. The third kappa shape index (κ3) is 3.37. The van der Waals surface area contributed by atoms with Gasteiger partial charge in [0.05, 0.1) is 19.8 Å². The minimum Gasteiger partial charge on any atom is -0.366 e. The second-order valence-corrected chi connectivity index (χ2v) is 6.02. The molecule has 0 radical (unpaired) electrons. The predicted octanol–water partition coefficient (Wildman–Crippen LogP) is 1.37. The van der Waals surface area contributed by atoms with E-state index < -0.39 is 11.5 Å². The number of ether oxygens (including phenoxy) is 1. The molecule has 7 nitrogen and oxygen atoms in total. The van der Waals surface area contributed by atoms with Crippen LogP contribution in [0.5, 0.6) is 0 Å². The topological polar surface area (TPSA) is 82.5 Å². The second-order valence-electron chi connectivity index (χ2n) is 6.02. The molecule has 126 valence electrons. The van der Waals surface area contributed by atoms with E-state index in [0.717, 1.165) is 5.56 Å². The number of nitrogens with zero attached hydrogens (tertiary/aromatic N) is 2. The second kappa shape index (κ2) is 6.54. The van der Waals surface area contributed by atoms with Gasteiger partial charge in [-0.2, -0.15) is 0 Å². The molecule has 1 N–H and O–H groups in total. The molecule has 0 atom stereocenters. The van der Waals surface area contributed by atoms with E-state index in [-0.39, 0.29) is 17.9 Å². The monoisotopic (exact) mass is 329 g/mol. The molecule has 0 aliphatic carbocycles. The molecule has 0 spiro atoms. The van der Waals surface area contributed by atoms with Crippen molar-refractivity contribution in [3.63, 3.8) is 0 Å². The van der Waals surface area contributed by atoms with Crippen molar-refractivity contribution in [2.24, 2.45) is 0 Å². The first-order valence-corrected chi connectivity index (χ1v) is 7.70. The Morgan fingerprint density at radius 3 is 2.88 bits per heavy atom.